The van der Waals surface area contributed by atoms with Crippen LogP contribution >= 0.6 is 0 Å². The van der Waals surface area contributed by atoms with E-state index in [1.807, 2.05) is 6.92 Å². The van der Waals surface area contributed by atoms with Gasteiger partial charge in [0, 0.05) is 18.3 Å². The summed E-state index contributed by atoms with van der Waals surface area (Å²) in [4.78, 5) is 0. The van der Waals surface area contributed by atoms with Gasteiger partial charge in [0.25, 0.3) is 0 Å². The van der Waals surface area contributed by atoms with E-state index in [1.165, 1.54) is 5.57 Å². The third kappa shape index (κ3) is 1.12. The summed E-state index contributed by atoms with van der Waals surface area (Å²) in [6, 6.07) is 0. The molecule has 0 aliphatic carbocycles. The average molecular weight is 108 g/mol. The first-order valence-corrected chi connectivity index (χ1v) is 2.80. The fraction of sp³-hybridized carbons (Fsp3) is 0.429. The maximum Gasteiger partial charge on any atom is 0.0333 e. The van der Waals surface area contributed by atoms with Crippen molar-refractivity contribution in [1.29, 1.82) is 0 Å². The second-order valence-corrected chi connectivity index (χ2v) is 2.02. The van der Waals surface area contributed by atoms with Gasteiger partial charge in [0.05, 0.1) is 0 Å². The van der Waals surface area contributed by atoms with Crippen molar-refractivity contribution in [3.05, 3.63) is 23.4 Å². The summed E-state index contributed by atoms with van der Waals surface area (Å²) < 4.78 is 0. The quantitative estimate of drug-likeness (QED) is 0.492. The first kappa shape index (κ1) is 5.42. The Labute approximate surface area is 50.1 Å². The summed E-state index contributed by atoms with van der Waals surface area (Å²) in [6.45, 7) is 5.05. The molecule has 1 aliphatic heterocycles. The highest BCUT2D eigenvalue weighted by Gasteiger charge is 1.93. The summed E-state index contributed by atoms with van der Waals surface area (Å²) in [5, 5.41) is 3.14. The van der Waals surface area contributed by atoms with E-state index in [1.54, 1.807) is 0 Å². The van der Waals surface area contributed by atoms with E-state index in [0.29, 0.717) is 0 Å². The highest BCUT2D eigenvalue weighted by atomic mass is 14.9. The number of rotatable bonds is 0. The van der Waals surface area contributed by atoms with Gasteiger partial charge < -0.3 is 5.32 Å². The lowest BCUT2D eigenvalue weighted by Gasteiger charge is -2.07. The molecule has 0 fully saturated rings. The zero-order chi connectivity index (χ0) is 5.98. The molecular formula is C7H10N. The molecular weight excluding hydrogens is 98.1 g/mol. The van der Waals surface area contributed by atoms with Gasteiger partial charge in [-0.25, -0.2) is 0 Å². The summed E-state index contributed by atoms with van der Waals surface area (Å²) >= 11 is 0. The van der Waals surface area contributed by atoms with Gasteiger partial charge in [0.2, 0.25) is 0 Å². The highest BCUT2D eigenvalue weighted by Crippen LogP contribution is 2.00. The van der Waals surface area contributed by atoms with Crippen LogP contribution in [0.25, 0.3) is 0 Å². The molecule has 0 aromatic rings. The van der Waals surface area contributed by atoms with E-state index >= 15 is 0 Å². The van der Waals surface area contributed by atoms with Crippen LogP contribution in [0.1, 0.15) is 13.8 Å². The number of nitrogens with one attached hydrogen (secondary N) is 1. The summed E-state index contributed by atoms with van der Waals surface area (Å²) in [5.41, 5.74) is 2.38. The van der Waals surface area contributed by atoms with Gasteiger partial charge in [-0.2, -0.15) is 0 Å². The minimum atomic E-state index is 0.963. The van der Waals surface area contributed by atoms with Crippen molar-refractivity contribution in [3.8, 4) is 0 Å². The minimum absolute atomic E-state index is 0.963. The van der Waals surface area contributed by atoms with Crippen molar-refractivity contribution in [2.24, 2.45) is 0 Å². The molecule has 1 aliphatic rings. The summed E-state index contributed by atoms with van der Waals surface area (Å²) in [5.74, 6) is 0. The van der Waals surface area contributed by atoms with E-state index in [4.69, 9.17) is 0 Å². The molecule has 0 aromatic carbocycles. The number of hydrogen-bond donors (Lipinski definition) is 1. The standard InChI is InChI=1S/C7H10N/c1-6-3-4-8-7(2)5-6/h3,8H,4H2,1-2H3. The van der Waals surface area contributed by atoms with E-state index in [9.17, 15) is 0 Å². The number of hydrogen-bond acceptors (Lipinski definition) is 1. The van der Waals surface area contributed by atoms with Crippen LogP contribution in [0.2, 0.25) is 0 Å². The van der Waals surface area contributed by atoms with Gasteiger partial charge in [0.15, 0.2) is 0 Å². The molecule has 1 heterocycles. The molecule has 0 amide bonds. The van der Waals surface area contributed by atoms with E-state index < -0.39 is 0 Å². The average Bonchev–Trinajstić information content (AvgIpc) is 1.64. The molecule has 1 heteroatoms. The SMILES string of the molecule is CC1=[C]C(C)=CCN1. The first-order valence-electron chi connectivity index (χ1n) is 2.80. The van der Waals surface area contributed by atoms with E-state index in [0.717, 1.165) is 12.2 Å². The molecule has 1 nitrogen and oxygen atoms in total. The maximum absolute atomic E-state index is 3.15. The predicted molar refractivity (Wildman–Crippen MR) is 34.2 cm³/mol. The van der Waals surface area contributed by atoms with Crippen molar-refractivity contribution in [3.63, 3.8) is 0 Å². The highest BCUT2D eigenvalue weighted by molar-refractivity contribution is 5.18. The first-order chi connectivity index (χ1) is 3.79. The van der Waals surface area contributed by atoms with Gasteiger partial charge in [-0.15, -0.1) is 0 Å². The second kappa shape index (κ2) is 2.03. The lowest BCUT2D eigenvalue weighted by molar-refractivity contribution is 0.871. The van der Waals surface area contributed by atoms with Gasteiger partial charge in [0.1, 0.15) is 0 Å². The normalized spacial score (nSPS) is 18.8. The van der Waals surface area contributed by atoms with Gasteiger partial charge >= 0.3 is 0 Å². The Morgan fingerprint density at radius 3 is 2.75 bits per heavy atom. The Hall–Kier alpha value is -0.720. The van der Waals surface area contributed by atoms with Crippen molar-refractivity contribution >= 4 is 0 Å². The Morgan fingerprint density at radius 1 is 1.62 bits per heavy atom. The number of dihydropyridines is 1. The molecule has 43 valence electrons. The topological polar surface area (TPSA) is 12.0 Å². The van der Waals surface area contributed by atoms with Crippen molar-refractivity contribution in [1.82, 2.24) is 5.32 Å². The van der Waals surface area contributed by atoms with Crippen LogP contribution in [0.4, 0.5) is 0 Å². The monoisotopic (exact) mass is 108 g/mol. The van der Waals surface area contributed by atoms with Gasteiger partial charge in [-0.1, -0.05) is 6.08 Å². The molecule has 1 radical (unpaired) electrons. The van der Waals surface area contributed by atoms with Crippen molar-refractivity contribution in [2.45, 2.75) is 13.8 Å². The molecule has 0 saturated carbocycles. The lowest BCUT2D eigenvalue weighted by Crippen LogP contribution is -2.14. The molecule has 1 N–H and O–H groups in total. The lowest BCUT2D eigenvalue weighted by atomic mass is 10.2. The zero-order valence-electron chi connectivity index (χ0n) is 5.28. The van der Waals surface area contributed by atoms with Gasteiger partial charge in [-0.05, 0) is 19.4 Å². The fourth-order valence-electron chi connectivity index (χ4n) is 0.748. The third-order valence-corrected chi connectivity index (χ3v) is 1.16. The summed E-state index contributed by atoms with van der Waals surface area (Å²) in [6.07, 6.45) is 5.26. The van der Waals surface area contributed by atoms with Crippen LogP contribution in [-0.2, 0) is 0 Å². The smallest absolute Gasteiger partial charge is 0.0333 e. The Balaban J connectivity index is 2.69. The molecule has 0 aromatic heterocycles. The van der Waals surface area contributed by atoms with Crippen LogP contribution in [0, 0.1) is 6.08 Å². The fourth-order valence-corrected chi connectivity index (χ4v) is 0.748. The van der Waals surface area contributed by atoms with E-state index in [2.05, 4.69) is 24.4 Å². The largest absolute Gasteiger partial charge is 0.385 e. The molecule has 0 spiro atoms. The van der Waals surface area contributed by atoms with E-state index in [-0.39, 0.29) is 0 Å². The number of allylic oxidation sites excluding steroid dienone is 3. The Bertz CT molecular complexity index is 142. The Morgan fingerprint density at radius 2 is 2.38 bits per heavy atom. The Kier molecular flexibility index (Phi) is 1.38. The summed E-state index contributed by atoms with van der Waals surface area (Å²) in [7, 11) is 0. The van der Waals surface area contributed by atoms with Crippen molar-refractivity contribution < 1.29 is 0 Å². The van der Waals surface area contributed by atoms with Crippen LogP contribution in [-0.4, -0.2) is 6.54 Å². The molecule has 1 rings (SSSR count). The van der Waals surface area contributed by atoms with Crippen molar-refractivity contribution in [2.75, 3.05) is 6.54 Å². The molecule has 0 atom stereocenters. The van der Waals surface area contributed by atoms with Crippen LogP contribution in [0.5, 0.6) is 0 Å². The molecule has 0 unspecified atom stereocenters. The van der Waals surface area contributed by atoms with Crippen LogP contribution in [0.15, 0.2) is 17.3 Å². The third-order valence-electron chi connectivity index (χ3n) is 1.16. The maximum atomic E-state index is 3.15. The molecule has 8 heavy (non-hydrogen) atoms. The van der Waals surface area contributed by atoms with Crippen LogP contribution < -0.4 is 5.32 Å². The molecule has 0 saturated heterocycles. The molecule has 0 bridgehead atoms. The zero-order valence-corrected chi connectivity index (χ0v) is 5.28. The van der Waals surface area contributed by atoms with Gasteiger partial charge in [-0.3, -0.25) is 0 Å². The predicted octanol–water partition coefficient (Wildman–Crippen LogP) is 1.24. The minimum Gasteiger partial charge on any atom is -0.385 e. The second-order valence-electron chi connectivity index (χ2n) is 2.02. The van der Waals surface area contributed by atoms with Crippen LogP contribution in [0.3, 0.4) is 0 Å².